The fraction of sp³-hybridized carbons (Fsp3) is 0.0714. The number of urea groups is 1. The summed E-state index contributed by atoms with van der Waals surface area (Å²) in [5.74, 6) is 0. The highest BCUT2D eigenvalue weighted by Gasteiger charge is 2.10. The molecule has 0 aliphatic rings. The first-order valence-corrected chi connectivity index (χ1v) is 5.94. The van der Waals surface area contributed by atoms with Crippen molar-refractivity contribution in [3.05, 3.63) is 64.2 Å². The molecule has 102 valence electrons. The topological polar surface area (TPSA) is 84.3 Å². The van der Waals surface area contributed by atoms with E-state index in [1.165, 1.54) is 18.2 Å². The van der Waals surface area contributed by atoms with Crippen molar-refractivity contribution in [1.82, 2.24) is 0 Å². The number of amides is 2. The van der Waals surface area contributed by atoms with Gasteiger partial charge in [-0.25, -0.2) is 4.79 Å². The Morgan fingerprint density at radius 2 is 1.80 bits per heavy atom. The van der Waals surface area contributed by atoms with Gasteiger partial charge in [0, 0.05) is 23.5 Å². The zero-order valence-corrected chi connectivity index (χ0v) is 10.8. The van der Waals surface area contributed by atoms with E-state index in [9.17, 15) is 14.9 Å². The van der Waals surface area contributed by atoms with Gasteiger partial charge in [-0.15, -0.1) is 0 Å². The van der Waals surface area contributed by atoms with E-state index in [1.54, 1.807) is 19.1 Å². The first-order valence-electron chi connectivity index (χ1n) is 5.94. The maximum atomic E-state index is 11.8. The second-order valence-electron chi connectivity index (χ2n) is 4.20. The predicted octanol–water partition coefficient (Wildman–Crippen LogP) is 3.55. The monoisotopic (exact) mass is 271 g/mol. The van der Waals surface area contributed by atoms with E-state index >= 15 is 0 Å². The Balaban J connectivity index is 2.06. The van der Waals surface area contributed by atoms with Crippen molar-refractivity contribution in [3.63, 3.8) is 0 Å². The molecule has 0 radical (unpaired) electrons. The smallest absolute Gasteiger partial charge is 0.308 e. The van der Waals surface area contributed by atoms with Crippen LogP contribution < -0.4 is 10.6 Å². The van der Waals surface area contributed by atoms with Gasteiger partial charge in [0.25, 0.3) is 5.69 Å². The molecule has 0 spiro atoms. The molecule has 6 heteroatoms. The van der Waals surface area contributed by atoms with E-state index in [-0.39, 0.29) is 5.69 Å². The summed E-state index contributed by atoms with van der Waals surface area (Å²) in [4.78, 5) is 22.0. The van der Waals surface area contributed by atoms with Crippen LogP contribution in [0.25, 0.3) is 0 Å². The molecule has 2 rings (SSSR count). The number of rotatable bonds is 3. The summed E-state index contributed by atoms with van der Waals surface area (Å²) in [5.41, 5.74) is 1.83. The fourth-order valence-corrected chi connectivity index (χ4v) is 1.71. The highest BCUT2D eigenvalue weighted by molar-refractivity contribution is 6.00. The number of carbonyl (C=O) groups excluding carboxylic acids is 1. The number of anilines is 2. The number of benzene rings is 2. The molecule has 0 aromatic heterocycles. The van der Waals surface area contributed by atoms with Gasteiger partial charge >= 0.3 is 6.03 Å². The van der Waals surface area contributed by atoms with Crippen LogP contribution in [0.3, 0.4) is 0 Å². The van der Waals surface area contributed by atoms with E-state index in [0.29, 0.717) is 16.9 Å². The maximum Gasteiger partial charge on any atom is 0.323 e. The average molecular weight is 271 g/mol. The van der Waals surface area contributed by atoms with Gasteiger partial charge in [-0.05, 0) is 30.7 Å². The van der Waals surface area contributed by atoms with E-state index in [0.717, 1.165) is 0 Å². The van der Waals surface area contributed by atoms with Crippen LogP contribution in [0.2, 0.25) is 0 Å². The third-order valence-electron chi connectivity index (χ3n) is 2.70. The second-order valence-corrected chi connectivity index (χ2v) is 4.20. The first kappa shape index (κ1) is 13.5. The normalized spacial score (nSPS) is 9.85. The Bertz CT molecular complexity index is 641. The minimum absolute atomic E-state index is 0.00322. The molecule has 2 N–H and O–H groups in total. The van der Waals surface area contributed by atoms with Crippen LogP contribution in [0.15, 0.2) is 48.5 Å². The molecule has 20 heavy (non-hydrogen) atoms. The van der Waals surface area contributed by atoms with Gasteiger partial charge in [0.15, 0.2) is 0 Å². The lowest BCUT2D eigenvalue weighted by atomic mass is 10.2. The second kappa shape index (κ2) is 5.83. The Morgan fingerprint density at radius 3 is 2.40 bits per heavy atom. The maximum absolute atomic E-state index is 11.8. The van der Waals surface area contributed by atoms with Crippen molar-refractivity contribution >= 4 is 23.1 Å². The Labute approximate surface area is 115 Å². The van der Waals surface area contributed by atoms with Gasteiger partial charge in [-0.2, -0.15) is 0 Å². The van der Waals surface area contributed by atoms with E-state index in [2.05, 4.69) is 10.6 Å². The molecular weight excluding hydrogens is 258 g/mol. The van der Waals surface area contributed by atoms with Crippen molar-refractivity contribution in [3.8, 4) is 0 Å². The van der Waals surface area contributed by atoms with E-state index in [4.69, 9.17) is 0 Å². The van der Waals surface area contributed by atoms with Crippen molar-refractivity contribution in [2.75, 3.05) is 10.6 Å². The molecule has 2 aromatic carbocycles. The average Bonchev–Trinajstić information content (AvgIpc) is 2.42. The Morgan fingerprint density at radius 1 is 1.10 bits per heavy atom. The molecule has 0 fully saturated rings. The summed E-state index contributed by atoms with van der Waals surface area (Å²) >= 11 is 0. The number of hydrogen-bond acceptors (Lipinski definition) is 3. The van der Waals surface area contributed by atoms with E-state index in [1.807, 2.05) is 18.2 Å². The van der Waals surface area contributed by atoms with Crippen molar-refractivity contribution in [2.45, 2.75) is 6.92 Å². The zero-order chi connectivity index (χ0) is 14.5. The lowest BCUT2D eigenvalue weighted by molar-refractivity contribution is -0.384. The van der Waals surface area contributed by atoms with Gasteiger partial charge in [-0.3, -0.25) is 10.1 Å². The van der Waals surface area contributed by atoms with Crippen molar-refractivity contribution in [2.24, 2.45) is 0 Å². The summed E-state index contributed by atoms with van der Waals surface area (Å²) < 4.78 is 0. The molecule has 2 amide bonds. The van der Waals surface area contributed by atoms with Crippen molar-refractivity contribution in [1.29, 1.82) is 0 Å². The van der Waals surface area contributed by atoms with Crippen LogP contribution in [-0.4, -0.2) is 11.0 Å². The van der Waals surface area contributed by atoms with Gasteiger partial charge in [0.05, 0.1) is 4.92 Å². The predicted molar refractivity (Wildman–Crippen MR) is 76.9 cm³/mol. The lowest BCUT2D eigenvalue weighted by Gasteiger charge is -2.09. The van der Waals surface area contributed by atoms with Crippen molar-refractivity contribution < 1.29 is 9.72 Å². The zero-order valence-electron chi connectivity index (χ0n) is 10.8. The number of non-ortho nitro benzene ring substituents is 1. The molecule has 0 saturated carbocycles. The number of para-hydroxylation sites is 1. The third kappa shape index (κ3) is 3.32. The molecule has 0 atom stereocenters. The van der Waals surface area contributed by atoms with Crippen LogP contribution in [-0.2, 0) is 0 Å². The minimum atomic E-state index is -0.471. The molecule has 0 aliphatic carbocycles. The Kier molecular flexibility index (Phi) is 3.95. The van der Waals surface area contributed by atoms with Crippen LogP contribution in [0.4, 0.5) is 21.9 Å². The number of nitro benzene ring substituents is 1. The highest BCUT2D eigenvalue weighted by atomic mass is 16.6. The quantitative estimate of drug-likeness (QED) is 0.661. The SMILES string of the molecule is Cc1cc([N+](=O)[O-])ccc1NC(=O)Nc1ccccc1. The van der Waals surface area contributed by atoms with Crippen LogP contribution in [0, 0.1) is 17.0 Å². The first-order chi connectivity index (χ1) is 9.56. The summed E-state index contributed by atoms with van der Waals surface area (Å²) in [7, 11) is 0. The lowest BCUT2D eigenvalue weighted by Crippen LogP contribution is -2.19. The molecule has 6 nitrogen and oxygen atoms in total. The third-order valence-corrected chi connectivity index (χ3v) is 2.70. The number of nitrogens with one attached hydrogen (secondary N) is 2. The molecule has 2 aromatic rings. The van der Waals surface area contributed by atoms with Gasteiger partial charge in [0.1, 0.15) is 0 Å². The van der Waals surface area contributed by atoms with Gasteiger partial charge in [-0.1, -0.05) is 18.2 Å². The molecule has 0 unspecified atom stereocenters. The highest BCUT2D eigenvalue weighted by Crippen LogP contribution is 2.21. The van der Waals surface area contributed by atoms with Crippen LogP contribution in [0.5, 0.6) is 0 Å². The summed E-state index contributed by atoms with van der Waals surface area (Å²) in [6.07, 6.45) is 0. The molecule has 0 heterocycles. The number of nitrogens with zero attached hydrogens (tertiary/aromatic N) is 1. The summed E-state index contributed by atoms with van der Waals surface area (Å²) in [5, 5.41) is 16.0. The molecular formula is C14H13N3O3. The van der Waals surface area contributed by atoms with Gasteiger partial charge in [0.2, 0.25) is 0 Å². The van der Waals surface area contributed by atoms with Gasteiger partial charge < -0.3 is 10.6 Å². The summed E-state index contributed by atoms with van der Waals surface area (Å²) in [6.45, 7) is 1.70. The minimum Gasteiger partial charge on any atom is -0.308 e. The molecule has 0 saturated heterocycles. The molecule has 0 aliphatic heterocycles. The number of carbonyl (C=O) groups is 1. The van der Waals surface area contributed by atoms with Crippen LogP contribution >= 0.6 is 0 Å². The fourth-order valence-electron chi connectivity index (χ4n) is 1.71. The summed E-state index contributed by atoms with van der Waals surface area (Å²) in [6, 6.07) is 12.9. The van der Waals surface area contributed by atoms with Crippen LogP contribution in [0.1, 0.15) is 5.56 Å². The van der Waals surface area contributed by atoms with E-state index < -0.39 is 11.0 Å². The Hall–Kier alpha value is -2.89. The number of aryl methyl sites for hydroxylation is 1. The number of hydrogen-bond donors (Lipinski definition) is 2. The standard InChI is InChI=1S/C14H13N3O3/c1-10-9-12(17(19)20)7-8-13(10)16-14(18)15-11-5-3-2-4-6-11/h2-9H,1H3,(H2,15,16,18). The molecule has 0 bridgehead atoms. The number of nitro groups is 1. The largest absolute Gasteiger partial charge is 0.323 e.